The van der Waals surface area contributed by atoms with Crippen molar-refractivity contribution >= 4 is 11.9 Å². The Balaban J connectivity index is 2.26. The number of aliphatic carboxylic acids is 1. The molecule has 0 saturated heterocycles. The molecule has 2 N–H and O–H groups in total. The molecule has 1 atom stereocenters. The number of carboxylic acid groups (broad SMARTS) is 1. The van der Waals surface area contributed by atoms with Crippen LogP contribution < -0.4 is 5.32 Å². The lowest BCUT2D eigenvalue weighted by Crippen LogP contribution is -2.42. The van der Waals surface area contributed by atoms with E-state index in [9.17, 15) is 36.6 Å². The van der Waals surface area contributed by atoms with Gasteiger partial charge in [0.15, 0.2) is 0 Å². The summed E-state index contributed by atoms with van der Waals surface area (Å²) in [5.41, 5.74) is -1.85. The zero-order chi connectivity index (χ0) is 19.5. The van der Waals surface area contributed by atoms with Gasteiger partial charge in [0.05, 0.1) is 5.56 Å². The van der Waals surface area contributed by atoms with Gasteiger partial charge in [-0.25, -0.2) is 13.6 Å². The van der Waals surface area contributed by atoms with Crippen LogP contribution in [0, 0.1) is 11.6 Å². The van der Waals surface area contributed by atoms with Gasteiger partial charge in [0.2, 0.25) is 0 Å². The smallest absolute Gasteiger partial charge is 0.416 e. The zero-order valence-corrected chi connectivity index (χ0v) is 13.0. The molecule has 0 aromatic heterocycles. The molecule has 4 nitrogen and oxygen atoms in total. The summed E-state index contributed by atoms with van der Waals surface area (Å²) in [6.07, 6.45) is -5.36. The Morgan fingerprint density at radius 1 is 1.04 bits per heavy atom. The molecule has 1 amide bonds. The minimum absolute atomic E-state index is 0.335. The van der Waals surface area contributed by atoms with Gasteiger partial charge in [-0.1, -0.05) is 18.2 Å². The summed E-state index contributed by atoms with van der Waals surface area (Å²) in [6, 6.07) is 4.48. The number of carboxylic acids is 1. The lowest BCUT2D eigenvalue weighted by atomic mass is 9.99. The Morgan fingerprint density at radius 2 is 1.62 bits per heavy atom. The maximum atomic E-state index is 13.2. The third-order valence-corrected chi connectivity index (χ3v) is 3.47. The molecule has 0 bridgehead atoms. The van der Waals surface area contributed by atoms with Gasteiger partial charge in [-0.05, 0) is 23.8 Å². The van der Waals surface area contributed by atoms with E-state index in [0.29, 0.717) is 18.2 Å². The molecule has 0 unspecified atom stereocenters. The van der Waals surface area contributed by atoms with Crippen LogP contribution in [-0.2, 0) is 17.4 Å². The summed E-state index contributed by atoms with van der Waals surface area (Å²) < 4.78 is 65.3. The van der Waals surface area contributed by atoms with Crippen LogP contribution in [-0.4, -0.2) is 23.0 Å². The SMILES string of the molecule is O=C(N[C@H](Cc1ccccc1C(F)(F)F)C(=O)O)c1cc(F)cc(F)c1. The highest BCUT2D eigenvalue weighted by molar-refractivity contribution is 5.96. The minimum Gasteiger partial charge on any atom is -0.480 e. The molecular formula is C17H12F5NO3. The Hall–Kier alpha value is -2.97. The maximum absolute atomic E-state index is 13.2. The van der Waals surface area contributed by atoms with E-state index in [1.807, 2.05) is 5.32 Å². The van der Waals surface area contributed by atoms with Crippen LogP contribution in [0.4, 0.5) is 22.0 Å². The Kier molecular flexibility index (Phi) is 5.59. The summed E-state index contributed by atoms with van der Waals surface area (Å²) in [5, 5.41) is 11.2. The molecule has 0 heterocycles. The molecular weight excluding hydrogens is 361 g/mol. The van der Waals surface area contributed by atoms with Crippen LogP contribution in [0.3, 0.4) is 0 Å². The molecule has 0 aliphatic carbocycles. The van der Waals surface area contributed by atoms with E-state index in [4.69, 9.17) is 0 Å². The number of halogens is 5. The number of carbonyl (C=O) groups is 2. The molecule has 2 aromatic carbocycles. The van der Waals surface area contributed by atoms with Crippen molar-refractivity contribution in [3.05, 3.63) is 70.8 Å². The van der Waals surface area contributed by atoms with Crippen molar-refractivity contribution in [2.75, 3.05) is 0 Å². The van der Waals surface area contributed by atoms with Crippen molar-refractivity contribution in [1.29, 1.82) is 0 Å². The molecule has 0 spiro atoms. The molecule has 0 saturated carbocycles. The minimum atomic E-state index is -4.70. The highest BCUT2D eigenvalue weighted by Gasteiger charge is 2.34. The molecule has 138 valence electrons. The lowest BCUT2D eigenvalue weighted by Gasteiger charge is -2.18. The molecule has 26 heavy (non-hydrogen) atoms. The lowest BCUT2D eigenvalue weighted by molar-refractivity contribution is -0.141. The largest absolute Gasteiger partial charge is 0.480 e. The van der Waals surface area contributed by atoms with Gasteiger partial charge in [-0.3, -0.25) is 4.79 Å². The second kappa shape index (κ2) is 7.51. The zero-order valence-electron chi connectivity index (χ0n) is 13.0. The van der Waals surface area contributed by atoms with Crippen LogP contribution in [0.2, 0.25) is 0 Å². The first-order valence-electron chi connectivity index (χ1n) is 7.23. The topological polar surface area (TPSA) is 66.4 Å². The highest BCUT2D eigenvalue weighted by atomic mass is 19.4. The van der Waals surface area contributed by atoms with E-state index < -0.39 is 53.3 Å². The number of carbonyl (C=O) groups excluding carboxylic acids is 1. The standard InChI is InChI=1S/C17H12F5NO3/c18-11-5-10(6-12(19)8-11)15(24)23-14(16(25)26)7-9-3-1-2-4-13(9)17(20,21)22/h1-6,8,14H,7H2,(H,23,24)(H,25,26)/t14-/m1/s1. The molecule has 2 rings (SSSR count). The molecule has 0 aliphatic heterocycles. The second-order valence-electron chi connectivity index (χ2n) is 5.38. The van der Waals surface area contributed by atoms with E-state index in [1.165, 1.54) is 6.07 Å². The summed E-state index contributed by atoms with van der Waals surface area (Å²) in [5.74, 6) is -4.82. The van der Waals surface area contributed by atoms with Gasteiger partial charge in [0.25, 0.3) is 5.91 Å². The average molecular weight is 373 g/mol. The predicted octanol–water partition coefficient (Wildman–Crippen LogP) is 3.41. The van der Waals surface area contributed by atoms with E-state index in [2.05, 4.69) is 0 Å². The van der Waals surface area contributed by atoms with Gasteiger partial charge in [-0.2, -0.15) is 13.2 Å². The van der Waals surface area contributed by atoms with E-state index in [1.54, 1.807) is 0 Å². The van der Waals surface area contributed by atoms with Crippen LogP contribution in [0.5, 0.6) is 0 Å². The van der Waals surface area contributed by atoms with Crippen molar-refractivity contribution in [2.45, 2.75) is 18.6 Å². The molecule has 2 aromatic rings. The third-order valence-electron chi connectivity index (χ3n) is 3.47. The number of amides is 1. The van der Waals surface area contributed by atoms with Crippen LogP contribution in [0.25, 0.3) is 0 Å². The predicted molar refractivity (Wildman–Crippen MR) is 80.4 cm³/mol. The Bertz CT molecular complexity index is 815. The normalized spacial score (nSPS) is 12.5. The number of benzene rings is 2. The van der Waals surface area contributed by atoms with Gasteiger partial charge in [0.1, 0.15) is 17.7 Å². The number of hydrogen-bond donors (Lipinski definition) is 2. The van der Waals surface area contributed by atoms with Crippen LogP contribution >= 0.6 is 0 Å². The van der Waals surface area contributed by atoms with Crippen molar-refractivity contribution in [1.82, 2.24) is 5.32 Å². The van der Waals surface area contributed by atoms with Gasteiger partial charge < -0.3 is 10.4 Å². The number of hydrogen-bond acceptors (Lipinski definition) is 2. The quantitative estimate of drug-likeness (QED) is 0.790. The van der Waals surface area contributed by atoms with Crippen molar-refractivity contribution in [3.63, 3.8) is 0 Å². The fourth-order valence-electron chi connectivity index (χ4n) is 2.32. The molecule has 0 fully saturated rings. The number of rotatable bonds is 5. The van der Waals surface area contributed by atoms with E-state index in [-0.39, 0.29) is 5.56 Å². The summed E-state index contributed by atoms with van der Waals surface area (Å²) in [4.78, 5) is 23.3. The number of alkyl halides is 3. The van der Waals surface area contributed by atoms with Crippen LogP contribution in [0.1, 0.15) is 21.5 Å². The summed E-state index contributed by atoms with van der Waals surface area (Å²) >= 11 is 0. The first-order chi connectivity index (χ1) is 12.1. The monoisotopic (exact) mass is 373 g/mol. The van der Waals surface area contributed by atoms with Crippen molar-refractivity contribution in [2.24, 2.45) is 0 Å². The van der Waals surface area contributed by atoms with Crippen molar-refractivity contribution in [3.8, 4) is 0 Å². The Labute approximate surface area is 144 Å². The van der Waals surface area contributed by atoms with Gasteiger partial charge >= 0.3 is 12.1 Å². The molecule has 0 radical (unpaired) electrons. The second-order valence-corrected chi connectivity index (χ2v) is 5.38. The third kappa shape index (κ3) is 4.78. The molecule has 9 heteroatoms. The number of nitrogens with one attached hydrogen (secondary N) is 1. The van der Waals surface area contributed by atoms with Crippen LogP contribution in [0.15, 0.2) is 42.5 Å². The first-order valence-corrected chi connectivity index (χ1v) is 7.23. The fraction of sp³-hybridized carbons (Fsp3) is 0.176. The Morgan fingerprint density at radius 3 is 2.15 bits per heavy atom. The first kappa shape index (κ1) is 19.4. The average Bonchev–Trinajstić information content (AvgIpc) is 2.52. The summed E-state index contributed by atoms with van der Waals surface area (Å²) in [7, 11) is 0. The highest BCUT2D eigenvalue weighted by Crippen LogP contribution is 2.32. The van der Waals surface area contributed by atoms with E-state index >= 15 is 0 Å². The van der Waals surface area contributed by atoms with Crippen molar-refractivity contribution < 1.29 is 36.6 Å². The molecule has 0 aliphatic rings. The maximum Gasteiger partial charge on any atom is 0.416 e. The van der Waals surface area contributed by atoms with Gasteiger partial charge in [0, 0.05) is 18.1 Å². The van der Waals surface area contributed by atoms with E-state index in [0.717, 1.165) is 18.2 Å². The van der Waals surface area contributed by atoms with Gasteiger partial charge in [-0.15, -0.1) is 0 Å². The fourth-order valence-corrected chi connectivity index (χ4v) is 2.32. The summed E-state index contributed by atoms with van der Waals surface area (Å²) in [6.45, 7) is 0.